The van der Waals surface area contributed by atoms with Gasteiger partial charge in [-0.15, -0.1) is 0 Å². The molecule has 1 aromatic heterocycles. The van der Waals surface area contributed by atoms with Gasteiger partial charge in [-0.25, -0.2) is 13.6 Å². The van der Waals surface area contributed by atoms with Crippen LogP contribution < -0.4 is 10.5 Å². The van der Waals surface area contributed by atoms with Crippen molar-refractivity contribution in [2.75, 3.05) is 5.32 Å². The van der Waals surface area contributed by atoms with Gasteiger partial charge in [-0.1, -0.05) is 23.2 Å². The summed E-state index contributed by atoms with van der Waals surface area (Å²) in [6.45, 7) is 0. The fraction of sp³-hybridized carbons (Fsp3) is 0. The first-order valence-corrected chi connectivity index (χ1v) is 8.39. The van der Waals surface area contributed by atoms with Gasteiger partial charge in [-0.05, 0) is 23.6 Å². The molecule has 106 valence electrons. The summed E-state index contributed by atoms with van der Waals surface area (Å²) in [5, 5.41) is 10.9. The molecular formula is C11H8Cl2N2O3S2. The number of nitrogens with one attached hydrogen (secondary N) is 1. The summed E-state index contributed by atoms with van der Waals surface area (Å²) in [7, 11) is -3.92. The van der Waals surface area contributed by atoms with Crippen LogP contribution in [-0.4, -0.2) is 14.3 Å². The number of primary sulfonamides is 1. The second-order valence-electron chi connectivity index (χ2n) is 3.77. The largest absolute Gasteiger partial charge is 0.319 e. The molecule has 1 heterocycles. The fourth-order valence-corrected chi connectivity index (χ4v) is 3.32. The van der Waals surface area contributed by atoms with Crippen LogP contribution in [0.4, 0.5) is 5.69 Å². The van der Waals surface area contributed by atoms with Gasteiger partial charge in [0.15, 0.2) is 0 Å². The van der Waals surface area contributed by atoms with Gasteiger partial charge in [0.1, 0.15) is 0 Å². The molecule has 0 unspecified atom stereocenters. The van der Waals surface area contributed by atoms with Crippen molar-refractivity contribution in [2.45, 2.75) is 4.90 Å². The summed E-state index contributed by atoms with van der Waals surface area (Å²) >= 11 is 13.2. The molecule has 0 saturated heterocycles. The number of halogens is 2. The number of anilines is 1. The zero-order chi connectivity index (χ0) is 14.9. The number of thiophene rings is 1. The minimum atomic E-state index is -3.92. The van der Waals surface area contributed by atoms with Crippen LogP contribution in [0.1, 0.15) is 10.4 Å². The molecule has 1 amide bonds. The molecule has 0 saturated carbocycles. The average Bonchev–Trinajstić information content (AvgIpc) is 2.85. The van der Waals surface area contributed by atoms with Crippen LogP contribution in [0.15, 0.2) is 33.9 Å². The number of amides is 1. The van der Waals surface area contributed by atoms with Crippen LogP contribution in [0.3, 0.4) is 0 Å². The van der Waals surface area contributed by atoms with Crippen molar-refractivity contribution < 1.29 is 13.2 Å². The lowest BCUT2D eigenvalue weighted by Gasteiger charge is -2.10. The molecule has 0 spiro atoms. The molecule has 0 radical (unpaired) electrons. The number of hydrogen-bond donors (Lipinski definition) is 2. The first-order valence-electron chi connectivity index (χ1n) is 5.14. The summed E-state index contributed by atoms with van der Waals surface area (Å²) in [6.07, 6.45) is 0. The Morgan fingerprint density at radius 2 is 1.85 bits per heavy atom. The van der Waals surface area contributed by atoms with Gasteiger partial charge in [0, 0.05) is 5.38 Å². The maximum Gasteiger partial charge on any atom is 0.256 e. The second-order valence-corrected chi connectivity index (χ2v) is 6.93. The maximum atomic E-state index is 11.9. The average molecular weight is 351 g/mol. The van der Waals surface area contributed by atoms with E-state index in [1.807, 2.05) is 0 Å². The van der Waals surface area contributed by atoms with Gasteiger partial charge >= 0.3 is 0 Å². The highest BCUT2D eigenvalue weighted by Crippen LogP contribution is 2.33. The Morgan fingerprint density at radius 3 is 2.30 bits per heavy atom. The number of rotatable bonds is 3. The predicted octanol–water partition coefficient (Wildman–Crippen LogP) is 2.95. The van der Waals surface area contributed by atoms with Crippen LogP contribution in [0, 0.1) is 0 Å². The van der Waals surface area contributed by atoms with Gasteiger partial charge in [-0.2, -0.15) is 11.3 Å². The second kappa shape index (κ2) is 5.71. The third kappa shape index (κ3) is 3.31. The lowest BCUT2D eigenvalue weighted by Crippen LogP contribution is -2.14. The molecule has 0 fully saturated rings. The molecular weight excluding hydrogens is 343 g/mol. The number of sulfonamides is 1. The van der Waals surface area contributed by atoms with Gasteiger partial charge in [0.25, 0.3) is 5.91 Å². The lowest BCUT2D eigenvalue weighted by atomic mass is 10.2. The highest BCUT2D eigenvalue weighted by atomic mass is 35.5. The molecule has 20 heavy (non-hydrogen) atoms. The highest BCUT2D eigenvalue weighted by Gasteiger charge is 2.17. The van der Waals surface area contributed by atoms with Crippen LogP contribution in [0.2, 0.25) is 10.0 Å². The molecule has 3 N–H and O–H groups in total. The van der Waals surface area contributed by atoms with E-state index in [1.54, 1.807) is 16.8 Å². The normalized spacial score (nSPS) is 11.3. The molecule has 0 aliphatic rings. The highest BCUT2D eigenvalue weighted by molar-refractivity contribution is 7.89. The van der Waals surface area contributed by atoms with E-state index in [0.29, 0.717) is 5.56 Å². The molecule has 0 aliphatic carbocycles. The molecule has 5 nitrogen and oxygen atoms in total. The van der Waals surface area contributed by atoms with Crippen LogP contribution >= 0.6 is 34.5 Å². The number of benzene rings is 1. The van der Waals surface area contributed by atoms with Gasteiger partial charge in [0.05, 0.1) is 26.2 Å². The summed E-state index contributed by atoms with van der Waals surface area (Å²) in [4.78, 5) is 11.7. The first kappa shape index (κ1) is 15.3. The zero-order valence-electron chi connectivity index (χ0n) is 9.76. The van der Waals surface area contributed by atoms with Crippen molar-refractivity contribution in [3.8, 4) is 0 Å². The fourth-order valence-electron chi connectivity index (χ4n) is 1.41. The topological polar surface area (TPSA) is 89.3 Å². The van der Waals surface area contributed by atoms with Crippen molar-refractivity contribution in [2.24, 2.45) is 5.14 Å². The first-order chi connectivity index (χ1) is 9.29. The standard InChI is InChI=1S/C11H8Cl2N2O3S2/c12-8-3-7(20(14,17)18)4-9(13)10(8)15-11(16)6-1-2-19-5-6/h1-5H,(H,15,16)(H2,14,17,18). The van der Waals surface area contributed by atoms with E-state index < -0.39 is 15.9 Å². The van der Waals surface area contributed by atoms with Gasteiger partial charge in [-0.3, -0.25) is 4.79 Å². The molecule has 0 atom stereocenters. The molecule has 2 aromatic rings. The Bertz CT molecular complexity index is 735. The minimum absolute atomic E-state index is 0.00916. The van der Waals surface area contributed by atoms with Crippen LogP contribution in [0.5, 0.6) is 0 Å². The van der Waals surface area contributed by atoms with Crippen LogP contribution in [0.25, 0.3) is 0 Å². The summed E-state index contributed by atoms with van der Waals surface area (Å²) in [5.74, 6) is -0.390. The molecule has 9 heteroatoms. The lowest BCUT2D eigenvalue weighted by molar-refractivity contribution is 0.102. The maximum absolute atomic E-state index is 11.9. The Balaban J connectivity index is 2.37. The Hall–Kier alpha value is -1.12. The Morgan fingerprint density at radius 1 is 1.25 bits per heavy atom. The Kier molecular flexibility index (Phi) is 4.36. The van der Waals surface area contributed by atoms with Crippen molar-refractivity contribution >= 4 is 56.2 Å². The molecule has 0 aliphatic heterocycles. The number of carbonyl (C=O) groups excluding carboxylic acids is 1. The van der Waals surface area contributed by atoms with E-state index in [4.69, 9.17) is 28.3 Å². The van der Waals surface area contributed by atoms with Gasteiger partial charge < -0.3 is 5.32 Å². The van der Waals surface area contributed by atoms with Crippen molar-refractivity contribution in [3.63, 3.8) is 0 Å². The van der Waals surface area contributed by atoms with E-state index in [1.165, 1.54) is 11.3 Å². The van der Waals surface area contributed by atoms with E-state index >= 15 is 0 Å². The number of hydrogen-bond acceptors (Lipinski definition) is 4. The third-order valence-corrected chi connectivity index (χ3v) is 4.54. The van der Waals surface area contributed by atoms with Crippen molar-refractivity contribution in [1.29, 1.82) is 0 Å². The van der Waals surface area contributed by atoms with E-state index in [2.05, 4.69) is 5.32 Å². The SMILES string of the molecule is NS(=O)(=O)c1cc(Cl)c(NC(=O)c2ccsc2)c(Cl)c1. The van der Waals surface area contributed by atoms with Crippen LogP contribution in [-0.2, 0) is 10.0 Å². The van der Waals surface area contributed by atoms with E-state index in [9.17, 15) is 13.2 Å². The summed E-state index contributed by atoms with van der Waals surface area (Å²) < 4.78 is 22.5. The van der Waals surface area contributed by atoms with E-state index in [-0.39, 0.29) is 20.6 Å². The molecule has 1 aromatic carbocycles. The van der Waals surface area contributed by atoms with Crippen molar-refractivity contribution in [3.05, 3.63) is 44.6 Å². The van der Waals surface area contributed by atoms with E-state index in [0.717, 1.165) is 12.1 Å². The smallest absolute Gasteiger partial charge is 0.256 e. The minimum Gasteiger partial charge on any atom is -0.319 e. The summed E-state index contributed by atoms with van der Waals surface area (Å²) in [6, 6.07) is 3.90. The quantitative estimate of drug-likeness (QED) is 0.891. The number of nitrogens with two attached hydrogens (primary N) is 1. The Labute approximate surface area is 129 Å². The van der Waals surface area contributed by atoms with Crippen molar-refractivity contribution in [1.82, 2.24) is 0 Å². The summed E-state index contributed by atoms with van der Waals surface area (Å²) in [5.41, 5.74) is 0.592. The third-order valence-electron chi connectivity index (χ3n) is 2.37. The number of carbonyl (C=O) groups is 1. The monoisotopic (exact) mass is 350 g/mol. The predicted molar refractivity (Wildman–Crippen MR) is 80.1 cm³/mol. The van der Waals surface area contributed by atoms with Gasteiger partial charge in [0.2, 0.25) is 10.0 Å². The molecule has 0 bridgehead atoms. The zero-order valence-corrected chi connectivity index (χ0v) is 12.9. The molecule has 2 rings (SSSR count).